The van der Waals surface area contributed by atoms with Crippen LogP contribution in [0.2, 0.25) is 0 Å². The van der Waals surface area contributed by atoms with E-state index in [4.69, 9.17) is 12.2 Å². The molecule has 0 spiro atoms. The fourth-order valence-electron chi connectivity index (χ4n) is 4.52. The van der Waals surface area contributed by atoms with Crippen LogP contribution in [-0.4, -0.2) is 46.6 Å². The van der Waals surface area contributed by atoms with E-state index >= 15 is 0 Å². The molecule has 1 N–H and O–H groups in total. The maximum Gasteiger partial charge on any atom is 0.267 e. The van der Waals surface area contributed by atoms with Gasteiger partial charge in [0.2, 0.25) is 0 Å². The summed E-state index contributed by atoms with van der Waals surface area (Å²) in [6, 6.07) is 5.59. The SMILES string of the molecule is O=C1/C(=C/c2c(NCCCn3ccnc3)nc3ccccn3c2=O)SC(=S)N1C1CCCCC1. The summed E-state index contributed by atoms with van der Waals surface area (Å²) in [5.74, 6) is 0.371. The van der Waals surface area contributed by atoms with Crippen LogP contribution < -0.4 is 10.9 Å². The zero-order valence-electron chi connectivity index (χ0n) is 18.7. The van der Waals surface area contributed by atoms with Crippen molar-refractivity contribution in [3.8, 4) is 0 Å². The van der Waals surface area contributed by atoms with Gasteiger partial charge in [-0.25, -0.2) is 9.97 Å². The number of rotatable bonds is 7. The maximum absolute atomic E-state index is 13.4. The van der Waals surface area contributed by atoms with Crippen LogP contribution in [-0.2, 0) is 11.3 Å². The molecule has 8 nitrogen and oxygen atoms in total. The van der Waals surface area contributed by atoms with Crippen molar-refractivity contribution >= 4 is 51.7 Å². The van der Waals surface area contributed by atoms with Gasteiger partial charge in [-0.05, 0) is 37.5 Å². The van der Waals surface area contributed by atoms with Crippen molar-refractivity contribution in [1.82, 2.24) is 23.8 Å². The van der Waals surface area contributed by atoms with E-state index in [9.17, 15) is 9.59 Å². The van der Waals surface area contributed by atoms with Crippen LogP contribution in [0, 0.1) is 0 Å². The second kappa shape index (κ2) is 10.1. The van der Waals surface area contributed by atoms with Gasteiger partial charge in [0.25, 0.3) is 11.5 Å². The van der Waals surface area contributed by atoms with Crippen molar-refractivity contribution in [1.29, 1.82) is 0 Å². The fourth-order valence-corrected chi connectivity index (χ4v) is 5.90. The molecule has 176 valence electrons. The molecular weight excluding hydrogens is 468 g/mol. The van der Waals surface area contributed by atoms with E-state index in [1.54, 1.807) is 41.8 Å². The van der Waals surface area contributed by atoms with Gasteiger partial charge in [0.05, 0.1) is 16.8 Å². The summed E-state index contributed by atoms with van der Waals surface area (Å²) >= 11 is 6.84. The predicted octanol–water partition coefficient (Wildman–Crippen LogP) is 3.93. The molecule has 1 aliphatic heterocycles. The molecule has 5 rings (SSSR count). The number of anilines is 1. The molecule has 0 unspecified atom stereocenters. The number of fused-ring (bicyclic) bond motifs is 1. The first-order valence-electron chi connectivity index (χ1n) is 11.6. The molecule has 1 aliphatic carbocycles. The van der Waals surface area contributed by atoms with Crippen LogP contribution in [0.5, 0.6) is 0 Å². The number of pyridine rings is 1. The van der Waals surface area contributed by atoms with Gasteiger partial charge >= 0.3 is 0 Å². The van der Waals surface area contributed by atoms with Crippen molar-refractivity contribution in [3.05, 3.63) is 63.9 Å². The highest BCUT2D eigenvalue weighted by Crippen LogP contribution is 2.37. The van der Waals surface area contributed by atoms with Crippen molar-refractivity contribution in [2.75, 3.05) is 11.9 Å². The van der Waals surface area contributed by atoms with Gasteiger partial charge in [-0.15, -0.1) is 0 Å². The average Bonchev–Trinajstić information content (AvgIpc) is 3.47. The first-order valence-corrected chi connectivity index (χ1v) is 12.8. The van der Waals surface area contributed by atoms with E-state index in [0.29, 0.717) is 32.8 Å². The van der Waals surface area contributed by atoms with Crippen molar-refractivity contribution in [2.24, 2.45) is 0 Å². The second-order valence-corrected chi connectivity index (χ2v) is 10.2. The summed E-state index contributed by atoms with van der Waals surface area (Å²) in [5.41, 5.74) is 0.706. The smallest absolute Gasteiger partial charge is 0.267 e. The lowest BCUT2D eigenvalue weighted by molar-refractivity contribution is -0.124. The lowest BCUT2D eigenvalue weighted by atomic mass is 9.94. The van der Waals surface area contributed by atoms with E-state index < -0.39 is 0 Å². The van der Waals surface area contributed by atoms with Crippen molar-refractivity contribution in [2.45, 2.75) is 51.1 Å². The van der Waals surface area contributed by atoms with E-state index in [1.165, 1.54) is 22.6 Å². The Morgan fingerprint density at radius 2 is 2.03 bits per heavy atom. The second-order valence-electron chi connectivity index (χ2n) is 8.53. The Balaban J connectivity index is 1.44. The summed E-state index contributed by atoms with van der Waals surface area (Å²) in [6.07, 6.45) is 15.0. The normalized spacial score (nSPS) is 18.4. The van der Waals surface area contributed by atoms with Gasteiger partial charge in [-0.3, -0.25) is 18.9 Å². The highest BCUT2D eigenvalue weighted by Gasteiger charge is 2.37. The third-order valence-electron chi connectivity index (χ3n) is 6.25. The Bertz CT molecular complexity index is 1290. The molecular formula is C24H26N6O2S2. The molecule has 2 aliphatic rings. The monoisotopic (exact) mass is 494 g/mol. The minimum atomic E-state index is -0.217. The molecule has 0 atom stereocenters. The molecule has 10 heteroatoms. The number of hydrogen-bond acceptors (Lipinski definition) is 7. The Hall–Kier alpha value is -2.98. The Labute approximate surface area is 207 Å². The van der Waals surface area contributed by atoms with Gasteiger partial charge in [-0.2, -0.15) is 0 Å². The third-order valence-corrected chi connectivity index (χ3v) is 7.58. The summed E-state index contributed by atoms with van der Waals surface area (Å²) in [4.78, 5) is 37.7. The number of aromatic nitrogens is 4. The zero-order valence-corrected chi connectivity index (χ0v) is 20.4. The first-order chi connectivity index (χ1) is 16.6. The molecule has 0 aromatic carbocycles. The van der Waals surface area contributed by atoms with Crippen molar-refractivity contribution in [3.63, 3.8) is 0 Å². The molecule has 4 heterocycles. The zero-order chi connectivity index (χ0) is 23.5. The number of amides is 1. The molecule has 1 saturated heterocycles. The minimum Gasteiger partial charge on any atom is -0.369 e. The Morgan fingerprint density at radius 1 is 1.18 bits per heavy atom. The fraction of sp³-hybridized carbons (Fsp3) is 0.375. The Kier molecular flexibility index (Phi) is 6.77. The topological polar surface area (TPSA) is 84.5 Å². The number of aryl methyl sites for hydroxylation is 1. The maximum atomic E-state index is 13.4. The minimum absolute atomic E-state index is 0.106. The Morgan fingerprint density at radius 3 is 2.82 bits per heavy atom. The number of carbonyl (C=O) groups is 1. The standard InChI is InChI=1S/C24H26N6O2S2/c31-22-18(15-19-23(32)30(24(33)34-19)17-7-2-1-3-8-17)21(27-20-9-4-5-13-29(20)22)26-10-6-12-28-14-11-25-16-28/h4-5,9,11,13-17,26H,1-3,6-8,10,12H2/b19-15-. The summed E-state index contributed by atoms with van der Waals surface area (Å²) in [6.45, 7) is 1.42. The lowest BCUT2D eigenvalue weighted by Gasteiger charge is -2.29. The average molecular weight is 495 g/mol. The van der Waals surface area contributed by atoms with Gasteiger partial charge in [-0.1, -0.05) is 49.3 Å². The number of nitrogens with zero attached hydrogens (tertiary/aromatic N) is 5. The van der Waals surface area contributed by atoms with Crippen LogP contribution in [0.1, 0.15) is 44.1 Å². The van der Waals surface area contributed by atoms with Gasteiger partial charge in [0.1, 0.15) is 15.8 Å². The predicted molar refractivity (Wildman–Crippen MR) is 139 cm³/mol. The summed E-state index contributed by atoms with van der Waals surface area (Å²) < 4.78 is 4.08. The summed E-state index contributed by atoms with van der Waals surface area (Å²) in [7, 11) is 0. The highest BCUT2D eigenvalue weighted by molar-refractivity contribution is 8.26. The number of thioether (sulfide) groups is 1. The molecule has 0 radical (unpaired) electrons. The number of carbonyl (C=O) groups excluding carboxylic acids is 1. The van der Waals surface area contributed by atoms with Crippen LogP contribution in [0.25, 0.3) is 11.7 Å². The molecule has 2 fully saturated rings. The largest absolute Gasteiger partial charge is 0.369 e. The number of imidazole rings is 1. The van der Waals surface area contributed by atoms with Crippen LogP contribution in [0.3, 0.4) is 0 Å². The lowest BCUT2D eigenvalue weighted by Crippen LogP contribution is -2.39. The van der Waals surface area contributed by atoms with Crippen LogP contribution >= 0.6 is 24.0 Å². The van der Waals surface area contributed by atoms with E-state index in [0.717, 1.165) is 38.6 Å². The van der Waals surface area contributed by atoms with E-state index in [-0.39, 0.29) is 17.5 Å². The number of hydrogen-bond donors (Lipinski definition) is 1. The summed E-state index contributed by atoms with van der Waals surface area (Å²) in [5, 5.41) is 3.31. The third kappa shape index (κ3) is 4.65. The first kappa shape index (κ1) is 22.8. The molecule has 0 bridgehead atoms. The number of thiocarbonyl (C=S) groups is 1. The highest BCUT2D eigenvalue weighted by atomic mass is 32.2. The quantitative estimate of drug-likeness (QED) is 0.303. The van der Waals surface area contributed by atoms with Gasteiger partial charge < -0.3 is 9.88 Å². The molecule has 34 heavy (non-hydrogen) atoms. The van der Waals surface area contributed by atoms with Gasteiger partial charge in [0.15, 0.2) is 0 Å². The number of nitrogens with one attached hydrogen (secondary N) is 1. The van der Waals surface area contributed by atoms with Gasteiger partial charge in [0, 0.05) is 37.7 Å². The van der Waals surface area contributed by atoms with E-state index in [2.05, 4.69) is 15.3 Å². The van der Waals surface area contributed by atoms with E-state index in [1.807, 2.05) is 16.8 Å². The van der Waals surface area contributed by atoms with Crippen molar-refractivity contribution < 1.29 is 4.79 Å². The molecule has 1 saturated carbocycles. The molecule has 3 aromatic rings. The van der Waals surface area contributed by atoms with Crippen LogP contribution in [0.15, 0.2) is 52.8 Å². The molecule has 1 amide bonds. The molecule has 3 aromatic heterocycles. The van der Waals surface area contributed by atoms with Crippen LogP contribution in [0.4, 0.5) is 5.82 Å².